The SMILES string of the molecule is COC(=O)c1cn(C(=O)[C@H]2COc3ccccc3O2)c2ccccc12. The van der Waals surface area contributed by atoms with Crippen molar-refractivity contribution in [3.63, 3.8) is 0 Å². The minimum absolute atomic E-state index is 0.107. The molecule has 4 rings (SSSR count). The topological polar surface area (TPSA) is 66.8 Å². The van der Waals surface area contributed by atoms with Crippen LogP contribution in [0.2, 0.25) is 0 Å². The number of nitrogens with zero attached hydrogens (tertiary/aromatic N) is 1. The second-order valence-corrected chi connectivity index (χ2v) is 5.62. The van der Waals surface area contributed by atoms with Crippen LogP contribution in [-0.4, -0.2) is 36.3 Å². The van der Waals surface area contributed by atoms with E-state index < -0.39 is 12.1 Å². The summed E-state index contributed by atoms with van der Waals surface area (Å²) in [6.07, 6.45) is 0.694. The summed E-state index contributed by atoms with van der Waals surface area (Å²) < 4.78 is 17.6. The number of carbonyl (C=O) groups excluding carboxylic acids is 2. The van der Waals surface area contributed by atoms with Gasteiger partial charge in [0.15, 0.2) is 11.5 Å². The van der Waals surface area contributed by atoms with E-state index in [2.05, 4.69) is 0 Å². The van der Waals surface area contributed by atoms with Crippen molar-refractivity contribution in [1.82, 2.24) is 4.57 Å². The zero-order valence-electron chi connectivity index (χ0n) is 13.5. The van der Waals surface area contributed by atoms with E-state index in [0.29, 0.717) is 28.0 Å². The first-order valence-corrected chi connectivity index (χ1v) is 7.80. The van der Waals surface area contributed by atoms with Crippen LogP contribution in [0.5, 0.6) is 11.5 Å². The normalized spacial score (nSPS) is 15.8. The molecule has 0 bridgehead atoms. The highest BCUT2D eigenvalue weighted by atomic mass is 16.6. The number of aromatic nitrogens is 1. The van der Waals surface area contributed by atoms with Crippen molar-refractivity contribution in [2.45, 2.75) is 6.10 Å². The predicted molar refractivity (Wildman–Crippen MR) is 90.3 cm³/mol. The zero-order valence-corrected chi connectivity index (χ0v) is 13.5. The number of para-hydroxylation sites is 3. The predicted octanol–water partition coefficient (Wildman–Crippen LogP) is 2.91. The highest BCUT2D eigenvalue weighted by Gasteiger charge is 2.30. The molecule has 2 heterocycles. The summed E-state index contributed by atoms with van der Waals surface area (Å²) in [5.74, 6) is 0.339. The van der Waals surface area contributed by atoms with Crippen molar-refractivity contribution < 1.29 is 23.8 Å². The van der Waals surface area contributed by atoms with Gasteiger partial charge in [-0.1, -0.05) is 30.3 Å². The fourth-order valence-corrected chi connectivity index (χ4v) is 2.93. The Labute approximate surface area is 143 Å². The van der Waals surface area contributed by atoms with Gasteiger partial charge in [-0.15, -0.1) is 0 Å². The van der Waals surface area contributed by atoms with E-state index in [0.717, 1.165) is 0 Å². The molecule has 6 heteroatoms. The monoisotopic (exact) mass is 337 g/mol. The van der Waals surface area contributed by atoms with Crippen LogP contribution >= 0.6 is 0 Å². The van der Waals surface area contributed by atoms with E-state index in [-0.39, 0.29) is 12.5 Å². The first-order valence-electron chi connectivity index (χ1n) is 7.80. The zero-order chi connectivity index (χ0) is 17.4. The summed E-state index contributed by atoms with van der Waals surface area (Å²) >= 11 is 0. The van der Waals surface area contributed by atoms with Crippen LogP contribution in [0, 0.1) is 0 Å². The summed E-state index contributed by atoms with van der Waals surface area (Å²) in [4.78, 5) is 25.0. The van der Waals surface area contributed by atoms with Crippen LogP contribution in [0.4, 0.5) is 0 Å². The smallest absolute Gasteiger partial charge is 0.340 e. The number of benzene rings is 2. The Hall–Kier alpha value is -3.28. The van der Waals surface area contributed by atoms with Gasteiger partial charge in [0.2, 0.25) is 6.10 Å². The Balaban J connectivity index is 1.73. The molecule has 0 fully saturated rings. The van der Waals surface area contributed by atoms with Crippen molar-refractivity contribution >= 4 is 22.8 Å². The Kier molecular flexibility index (Phi) is 3.65. The van der Waals surface area contributed by atoms with Gasteiger partial charge in [0.25, 0.3) is 5.91 Å². The number of carbonyl (C=O) groups is 2. The molecule has 0 saturated carbocycles. The Morgan fingerprint density at radius 2 is 1.80 bits per heavy atom. The van der Waals surface area contributed by atoms with Crippen LogP contribution < -0.4 is 9.47 Å². The van der Waals surface area contributed by atoms with Gasteiger partial charge in [0, 0.05) is 11.6 Å². The van der Waals surface area contributed by atoms with Crippen molar-refractivity contribution in [1.29, 1.82) is 0 Å². The van der Waals surface area contributed by atoms with Gasteiger partial charge >= 0.3 is 5.97 Å². The molecule has 1 aromatic heterocycles. The van der Waals surface area contributed by atoms with Crippen LogP contribution in [0.3, 0.4) is 0 Å². The van der Waals surface area contributed by atoms with Crippen LogP contribution in [-0.2, 0) is 4.74 Å². The van der Waals surface area contributed by atoms with Gasteiger partial charge in [-0.2, -0.15) is 0 Å². The van der Waals surface area contributed by atoms with E-state index in [9.17, 15) is 9.59 Å². The molecule has 1 atom stereocenters. The minimum atomic E-state index is -0.795. The molecule has 0 aliphatic carbocycles. The third-order valence-electron chi connectivity index (χ3n) is 4.14. The summed E-state index contributed by atoms with van der Waals surface area (Å²) in [7, 11) is 1.31. The molecular weight excluding hydrogens is 322 g/mol. The largest absolute Gasteiger partial charge is 0.485 e. The summed E-state index contributed by atoms with van der Waals surface area (Å²) in [5.41, 5.74) is 0.957. The Bertz CT molecular complexity index is 975. The number of hydrogen-bond acceptors (Lipinski definition) is 5. The van der Waals surface area contributed by atoms with Gasteiger partial charge in [0.1, 0.15) is 6.61 Å². The molecule has 3 aromatic rings. The molecule has 0 unspecified atom stereocenters. The summed E-state index contributed by atoms with van der Waals surface area (Å²) in [5, 5.41) is 0.653. The van der Waals surface area contributed by atoms with E-state index in [4.69, 9.17) is 14.2 Å². The average molecular weight is 337 g/mol. The van der Waals surface area contributed by atoms with E-state index >= 15 is 0 Å². The molecule has 2 aromatic carbocycles. The summed E-state index contributed by atoms with van der Waals surface area (Å²) in [6.45, 7) is 0.107. The average Bonchev–Trinajstić information content (AvgIpc) is 3.06. The molecule has 0 amide bonds. The maximum absolute atomic E-state index is 13.0. The fourth-order valence-electron chi connectivity index (χ4n) is 2.93. The molecule has 0 spiro atoms. The number of ether oxygens (including phenoxy) is 3. The molecule has 1 aliphatic heterocycles. The molecule has 0 radical (unpaired) electrons. The van der Waals surface area contributed by atoms with Gasteiger partial charge in [-0.3, -0.25) is 9.36 Å². The van der Waals surface area contributed by atoms with Crippen LogP contribution in [0.1, 0.15) is 15.2 Å². The second kappa shape index (κ2) is 5.98. The Morgan fingerprint density at radius 1 is 1.08 bits per heavy atom. The quantitative estimate of drug-likeness (QED) is 0.673. The summed E-state index contributed by atoms with van der Waals surface area (Å²) in [6, 6.07) is 14.4. The Morgan fingerprint density at radius 3 is 2.60 bits per heavy atom. The minimum Gasteiger partial charge on any atom is -0.485 e. The van der Waals surface area contributed by atoms with E-state index in [1.54, 1.807) is 36.4 Å². The highest BCUT2D eigenvalue weighted by Crippen LogP contribution is 2.32. The van der Waals surface area contributed by atoms with Gasteiger partial charge in [0.05, 0.1) is 18.2 Å². The number of methoxy groups -OCH3 is 1. The molecule has 126 valence electrons. The van der Waals surface area contributed by atoms with E-state index in [1.165, 1.54) is 17.9 Å². The van der Waals surface area contributed by atoms with Crippen molar-refractivity contribution in [3.05, 3.63) is 60.3 Å². The number of fused-ring (bicyclic) bond motifs is 2. The number of rotatable bonds is 2. The molecular formula is C19H15NO5. The first kappa shape index (κ1) is 15.3. The molecule has 1 aliphatic rings. The van der Waals surface area contributed by atoms with Crippen molar-refractivity contribution in [2.24, 2.45) is 0 Å². The fraction of sp³-hybridized carbons (Fsp3) is 0.158. The van der Waals surface area contributed by atoms with Crippen molar-refractivity contribution in [2.75, 3.05) is 13.7 Å². The number of esters is 1. The lowest BCUT2D eigenvalue weighted by atomic mass is 10.2. The van der Waals surface area contributed by atoms with Gasteiger partial charge in [-0.25, -0.2) is 4.79 Å². The van der Waals surface area contributed by atoms with Gasteiger partial charge in [-0.05, 0) is 18.2 Å². The molecule has 6 nitrogen and oxygen atoms in total. The van der Waals surface area contributed by atoms with E-state index in [1.807, 2.05) is 12.1 Å². The van der Waals surface area contributed by atoms with Crippen LogP contribution in [0.25, 0.3) is 10.9 Å². The second-order valence-electron chi connectivity index (χ2n) is 5.62. The third-order valence-corrected chi connectivity index (χ3v) is 4.14. The lowest BCUT2D eigenvalue weighted by molar-refractivity contribution is 0.0506. The van der Waals surface area contributed by atoms with Crippen molar-refractivity contribution in [3.8, 4) is 11.5 Å². The molecule has 0 N–H and O–H groups in total. The van der Waals surface area contributed by atoms with Crippen LogP contribution in [0.15, 0.2) is 54.7 Å². The number of hydrogen-bond donors (Lipinski definition) is 0. The third kappa shape index (κ3) is 2.52. The molecule has 25 heavy (non-hydrogen) atoms. The maximum atomic E-state index is 13.0. The maximum Gasteiger partial charge on any atom is 0.340 e. The molecule has 0 saturated heterocycles. The van der Waals surface area contributed by atoms with Gasteiger partial charge < -0.3 is 14.2 Å². The first-order chi connectivity index (χ1) is 12.2. The lowest BCUT2D eigenvalue weighted by Crippen LogP contribution is -2.39. The standard InChI is InChI=1S/C19H15NO5/c1-23-19(22)13-10-20(14-7-3-2-6-12(13)14)18(21)17-11-24-15-8-4-5-9-16(15)25-17/h2-10,17H,11H2,1H3/t17-/m1/s1. The highest BCUT2D eigenvalue weighted by molar-refractivity contribution is 6.07. The lowest BCUT2D eigenvalue weighted by Gasteiger charge is -2.25.